The van der Waals surface area contributed by atoms with Crippen molar-refractivity contribution < 1.29 is 27.1 Å². The molecule has 0 spiro atoms. The molecule has 0 radical (unpaired) electrons. The fourth-order valence-corrected chi connectivity index (χ4v) is 4.47. The van der Waals surface area contributed by atoms with Crippen LogP contribution < -0.4 is 14.8 Å². The Morgan fingerprint density at radius 1 is 1.11 bits per heavy atom. The van der Waals surface area contributed by atoms with Gasteiger partial charge in [-0.05, 0) is 54.5 Å². The van der Waals surface area contributed by atoms with E-state index < -0.39 is 10.0 Å². The zero-order chi connectivity index (χ0) is 26.1. The van der Waals surface area contributed by atoms with Gasteiger partial charge >= 0.3 is 0 Å². The molecule has 0 atom stereocenters. The lowest BCUT2D eigenvalue weighted by atomic mass is 10.1. The van der Waals surface area contributed by atoms with E-state index in [1.807, 2.05) is 0 Å². The number of hydrogen-bond donors (Lipinski definition) is 1. The van der Waals surface area contributed by atoms with E-state index in [-0.39, 0.29) is 10.8 Å². The summed E-state index contributed by atoms with van der Waals surface area (Å²) in [5.41, 5.74) is 1.88. The Labute approximate surface area is 211 Å². The fourth-order valence-electron chi connectivity index (χ4n) is 3.29. The summed E-state index contributed by atoms with van der Waals surface area (Å²) in [5.74, 6) is 1.37. The van der Waals surface area contributed by atoms with Crippen LogP contribution in [0.15, 0.2) is 74.6 Å². The van der Waals surface area contributed by atoms with Gasteiger partial charge in [0, 0.05) is 43.9 Å². The van der Waals surface area contributed by atoms with Crippen LogP contribution in [0.2, 0.25) is 0 Å². The number of rotatable bonds is 11. The van der Waals surface area contributed by atoms with Crippen LogP contribution in [0, 0.1) is 0 Å². The zero-order valence-corrected chi connectivity index (χ0v) is 21.4. The minimum atomic E-state index is -3.98. The third kappa shape index (κ3) is 6.98. The highest BCUT2D eigenvalue weighted by Crippen LogP contribution is 2.30. The Morgan fingerprint density at radius 2 is 1.92 bits per heavy atom. The number of hydrogen-bond acceptors (Lipinski definition) is 6. The van der Waals surface area contributed by atoms with Crippen molar-refractivity contribution in [2.24, 2.45) is 4.40 Å². The smallest absolute Gasteiger partial charge is 0.284 e. The molecule has 1 heterocycles. The van der Waals surface area contributed by atoms with Crippen LogP contribution in [0.3, 0.4) is 0 Å². The molecular formula is C26H29N3O6S. The Balaban J connectivity index is 1.71. The number of carbonyl (C=O) groups excluding carboxylic acids is 1. The second-order valence-electron chi connectivity index (χ2n) is 7.95. The number of furan rings is 1. The summed E-state index contributed by atoms with van der Waals surface area (Å²) < 4.78 is 45.6. The molecule has 0 aliphatic carbocycles. The van der Waals surface area contributed by atoms with E-state index in [1.165, 1.54) is 18.7 Å². The minimum absolute atomic E-state index is 0.0332. The molecule has 1 aromatic heterocycles. The average Bonchev–Trinajstić information content (AvgIpc) is 3.41. The Kier molecular flexibility index (Phi) is 8.91. The lowest BCUT2D eigenvalue weighted by Crippen LogP contribution is -2.23. The van der Waals surface area contributed by atoms with Gasteiger partial charge in [-0.2, -0.15) is 8.42 Å². The molecule has 2 aromatic carbocycles. The number of carbonyl (C=O) groups is 1. The highest BCUT2D eigenvalue weighted by Gasteiger charge is 2.20. The summed E-state index contributed by atoms with van der Waals surface area (Å²) in [6.45, 7) is 0.309. The number of nitrogens with zero attached hydrogens (tertiary/aromatic N) is 2. The van der Waals surface area contributed by atoms with Gasteiger partial charge in [-0.1, -0.05) is 6.07 Å². The molecule has 1 amide bonds. The van der Waals surface area contributed by atoms with Gasteiger partial charge in [-0.3, -0.25) is 4.79 Å². The van der Waals surface area contributed by atoms with Gasteiger partial charge in [0.05, 0.1) is 20.5 Å². The van der Waals surface area contributed by atoms with Gasteiger partial charge in [-0.25, -0.2) is 0 Å². The van der Waals surface area contributed by atoms with Gasteiger partial charge in [0.2, 0.25) is 5.91 Å². The van der Waals surface area contributed by atoms with Crippen LogP contribution in [-0.4, -0.2) is 60.4 Å². The lowest BCUT2D eigenvalue weighted by Gasteiger charge is -2.10. The van der Waals surface area contributed by atoms with E-state index in [1.54, 1.807) is 87.8 Å². The van der Waals surface area contributed by atoms with Gasteiger partial charge in [0.25, 0.3) is 10.0 Å². The van der Waals surface area contributed by atoms with Crippen molar-refractivity contribution in [3.63, 3.8) is 0 Å². The quantitative estimate of drug-likeness (QED) is 0.238. The first-order valence-electron chi connectivity index (χ1n) is 11.0. The molecule has 0 fully saturated rings. The molecule has 3 rings (SSSR count). The highest BCUT2D eigenvalue weighted by atomic mass is 32.2. The maximum atomic E-state index is 12.9. The SMILES string of the molecule is COc1ccc(C=CC(=O)NCCc2ccc(-c3ccco3)c(S(=O)(=O)N=CN(C)C)c2)c(OC)c1. The van der Waals surface area contributed by atoms with Crippen LogP contribution in [0.1, 0.15) is 11.1 Å². The minimum Gasteiger partial charge on any atom is -0.497 e. The number of methoxy groups -OCH3 is 2. The molecule has 9 nitrogen and oxygen atoms in total. The summed E-state index contributed by atoms with van der Waals surface area (Å²) >= 11 is 0. The number of benzene rings is 2. The number of sulfonamides is 1. The summed E-state index contributed by atoms with van der Waals surface area (Å²) in [4.78, 5) is 13.9. The number of amides is 1. The molecular weight excluding hydrogens is 482 g/mol. The van der Waals surface area contributed by atoms with Crippen molar-refractivity contribution in [3.05, 3.63) is 72.0 Å². The molecule has 0 aliphatic heterocycles. The predicted octanol–water partition coefficient (Wildman–Crippen LogP) is 3.61. The maximum Gasteiger partial charge on any atom is 0.284 e. The van der Waals surface area contributed by atoms with Crippen molar-refractivity contribution >= 4 is 28.3 Å². The Bertz CT molecular complexity index is 1350. The van der Waals surface area contributed by atoms with Crippen molar-refractivity contribution in [3.8, 4) is 22.8 Å². The molecule has 0 bridgehead atoms. The van der Waals surface area contributed by atoms with E-state index >= 15 is 0 Å². The maximum absolute atomic E-state index is 12.9. The van der Waals surface area contributed by atoms with E-state index in [4.69, 9.17) is 13.9 Å². The summed E-state index contributed by atoms with van der Waals surface area (Å²) in [7, 11) is 2.50. The summed E-state index contributed by atoms with van der Waals surface area (Å²) in [6, 6.07) is 13.7. The van der Waals surface area contributed by atoms with E-state index in [0.717, 1.165) is 11.1 Å². The largest absolute Gasteiger partial charge is 0.497 e. The molecule has 0 saturated carbocycles. The van der Waals surface area contributed by atoms with Crippen LogP contribution >= 0.6 is 0 Å². The molecule has 190 valence electrons. The van der Waals surface area contributed by atoms with E-state index in [0.29, 0.717) is 35.8 Å². The third-order valence-electron chi connectivity index (χ3n) is 5.10. The fraction of sp³-hybridized carbons (Fsp3) is 0.231. The van der Waals surface area contributed by atoms with Crippen molar-refractivity contribution in [1.82, 2.24) is 10.2 Å². The van der Waals surface area contributed by atoms with Crippen LogP contribution in [-0.2, 0) is 21.2 Å². The summed E-state index contributed by atoms with van der Waals surface area (Å²) in [5, 5.41) is 2.81. The van der Waals surface area contributed by atoms with Crippen molar-refractivity contribution in [2.75, 3.05) is 34.9 Å². The molecule has 0 saturated heterocycles. The van der Waals surface area contributed by atoms with Crippen LogP contribution in [0.5, 0.6) is 11.5 Å². The van der Waals surface area contributed by atoms with E-state index in [9.17, 15) is 13.2 Å². The Hall–Kier alpha value is -4.05. The average molecular weight is 512 g/mol. The normalized spacial score (nSPS) is 11.7. The van der Waals surface area contributed by atoms with Crippen LogP contribution in [0.4, 0.5) is 0 Å². The first-order chi connectivity index (χ1) is 17.2. The first-order valence-corrected chi connectivity index (χ1v) is 12.5. The van der Waals surface area contributed by atoms with Crippen molar-refractivity contribution in [1.29, 1.82) is 0 Å². The molecule has 3 aromatic rings. The number of ether oxygens (including phenoxy) is 2. The topological polar surface area (TPSA) is 110 Å². The first kappa shape index (κ1) is 26.6. The summed E-state index contributed by atoms with van der Waals surface area (Å²) in [6.07, 6.45) is 6.20. The van der Waals surface area contributed by atoms with E-state index in [2.05, 4.69) is 9.71 Å². The van der Waals surface area contributed by atoms with Gasteiger partial charge in [0.15, 0.2) is 0 Å². The van der Waals surface area contributed by atoms with Gasteiger partial charge in [0.1, 0.15) is 28.5 Å². The molecule has 36 heavy (non-hydrogen) atoms. The van der Waals surface area contributed by atoms with Gasteiger partial charge < -0.3 is 24.1 Å². The second kappa shape index (κ2) is 12.1. The Morgan fingerprint density at radius 3 is 2.58 bits per heavy atom. The van der Waals surface area contributed by atoms with Gasteiger partial charge in [-0.15, -0.1) is 4.40 Å². The highest BCUT2D eigenvalue weighted by molar-refractivity contribution is 7.90. The zero-order valence-electron chi connectivity index (χ0n) is 20.6. The molecule has 0 unspecified atom stereocenters. The lowest BCUT2D eigenvalue weighted by molar-refractivity contribution is -0.116. The van der Waals surface area contributed by atoms with Crippen molar-refractivity contribution in [2.45, 2.75) is 11.3 Å². The van der Waals surface area contributed by atoms with Crippen LogP contribution in [0.25, 0.3) is 17.4 Å². The predicted molar refractivity (Wildman–Crippen MR) is 139 cm³/mol. The third-order valence-corrected chi connectivity index (χ3v) is 6.36. The second-order valence-corrected chi connectivity index (χ2v) is 9.55. The molecule has 1 N–H and O–H groups in total. The standard InChI is InChI=1S/C26H29N3O6S/c1-29(2)18-28-36(31,32)25-16-19(7-11-22(25)23-6-5-15-35-23)13-14-27-26(30)12-9-20-8-10-21(33-3)17-24(20)34-4/h5-12,15-18H,13-14H2,1-4H3,(H,27,30). The molecule has 0 aliphatic rings. The molecule has 10 heteroatoms. The number of nitrogens with one attached hydrogen (secondary N) is 1. The monoisotopic (exact) mass is 511 g/mol.